The molecule has 0 spiro atoms. The molecule has 3 N–H and O–H groups in total. The fourth-order valence-electron chi connectivity index (χ4n) is 2.04. The van der Waals surface area contributed by atoms with E-state index in [4.69, 9.17) is 5.73 Å². The number of nitrogen functional groups attached to an aromatic ring is 1. The molecule has 0 radical (unpaired) electrons. The molecule has 0 aliphatic carbocycles. The van der Waals surface area contributed by atoms with E-state index in [2.05, 4.69) is 4.72 Å². The molecule has 0 aromatic heterocycles. The van der Waals surface area contributed by atoms with Crippen molar-refractivity contribution in [3.8, 4) is 0 Å². The summed E-state index contributed by atoms with van der Waals surface area (Å²) in [5.41, 5.74) is 4.99. The zero-order chi connectivity index (χ0) is 15.8. The van der Waals surface area contributed by atoms with Crippen molar-refractivity contribution in [2.45, 2.75) is 17.4 Å². The molecule has 116 valence electrons. The third-order valence-corrected chi connectivity index (χ3v) is 6.40. The molecule has 1 heterocycles. The Morgan fingerprint density at radius 2 is 2.05 bits per heavy atom. The van der Waals surface area contributed by atoms with Crippen LogP contribution in [0.1, 0.15) is 6.42 Å². The first kappa shape index (κ1) is 15.7. The summed E-state index contributed by atoms with van der Waals surface area (Å²) in [6.07, 6.45) is 0.163. The van der Waals surface area contributed by atoms with Gasteiger partial charge in [-0.15, -0.1) is 0 Å². The Bertz CT molecular complexity index is 787. The molecule has 0 saturated carbocycles. The van der Waals surface area contributed by atoms with Gasteiger partial charge in [-0.25, -0.2) is 21.6 Å². The van der Waals surface area contributed by atoms with Gasteiger partial charge in [0.1, 0.15) is 4.90 Å². The van der Waals surface area contributed by atoms with Crippen LogP contribution in [0, 0.1) is 10.1 Å². The minimum atomic E-state index is -4.12. The standard InChI is InChI=1S/C10H13N3O6S2/c11-9-2-1-8(13(14)15)5-10(9)21(18,19)12-7-3-4-20(16,17)6-7/h1-2,5,7,12H,3-4,6,11H2. The van der Waals surface area contributed by atoms with Crippen molar-refractivity contribution < 1.29 is 21.8 Å². The topological polar surface area (TPSA) is 149 Å². The second-order valence-corrected chi connectivity index (χ2v) is 8.61. The Balaban J connectivity index is 2.32. The molecule has 1 aromatic carbocycles. The van der Waals surface area contributed by atoms with Gasteiger partial charge in [0.2, 0.25) is 10.0 Å². The molecule has 0 bridgehead atoms. The smallest absolute Gasteiger partial charge is 0.270 e. The molecule has 2 rings (SSSR count). The van der Waals surface area contributed by atoms with E-state index in [1.54, 1.807) is 0 Å². The maximum Gasteiger partial charge on any atom is 0.270 e. The molecule has 1 aromatic rings. The van der Waals surface area contributed by atoms with Crippen LogP contribution in [0.3, 0.4) is 0 Å². The predicted octanol–water partition coefficient (Wildman–Crippen LogP) is -0.358. The van der Waals surface area contributed by atoms with Crippen molar-refractivity contribution in [2.75, 3.05) is 17.2 Å². The van der Waals surface area contributed by atoms with Crippen molar-refractivity contribution in [1.82, 2.24) is 4.72 Å². The molecule has 1 fully saturated rings. The van der Waals surface area contributed by atoms with Gasteiger partial charge >= 0.3 is 0 Å². The van der Waals surface area contributed by atoms with E-state index < -0.39 is 41.4 Å². The molecule has 1 aliphatic rings. The van der Waals surface area contributed by atoms with Gasteiger partial charge in [0.25, 0.3) is 5.69 Å². The fraction of sp³-hybridized carbons (Fsp3) is 0.400. The van der Waals surface area contributed by atoms with Crippen LogP contribution in [0.15, 0.2) is 23.1 Å². The molecule has 1 saturated heterocycles. The summed E-state index contributed by atoms with van der Waals surface area (Å²) >= 11 is 0. The lowest BCUT2D eigenvalue weighted by atomic mass is 10.3. The van der Waals surface area contributed by atoms with E-state index >= 15 is 0 Å². The SMILES string of the molecule is Nc1ccc([N+](=O)[O-])cc1S(=O)(=O)NC1CCS(=O)(=O)C1. The molecule has 1 unspecified atom stereocenters. The second kappa shape index (κ2) is 5.24. The van der Waals surface area contributed by atoms with Gasteiger partial charge in [-0.3, -0.25) is 10.1 Å². The van der Waals surface area contributed by atoms with Gasteiger partial charge in [0, 0.05) is 18.2 Å². The van der Waals surface area contributed by atoms with Crippen molar-refractivity contribution in [3.63, 3.8) is 0 Å². The number of non-ortho nitro benzene ring substituents is 1. The van der Waals surface area contributed by atoms with E-state index in [0.29, 0.717) is 0 Å². The number of nitro groups is 1. The highest BCUT2D eigenvalue weighted by molar-refractivity contribution is 7.92. The normalized spacial score (nSPS) is 21.2. The van der Waals surface area contributed by atoms with Crippen LogP contribution in [0.2, 0.25) is 0 Å². The first-order valence-corrected chi connectivity index (χ1v) is 9.18. The summed E-state index contributed by atoms with van der Waals surface area (Å²) in [6.45, 7) is 0. The Morgan fingerprint density at radius 3 is 2.57 bits per heavy atom. The van der Waals surface area contributed by atoms with Crippen molar-refractivity contribution in [1.29, 1.82) is 0 Å². The number of nitro benzene ring substituents is 1. The van der Waals surface area contributed by atoms with E-state index in [9.17, 15) is 26.9 Å². The number of hydrogen-bond donors (Lipinski definition) is 2. The van der Waals surface area contributed by atoms with Crippen LogP contribution < -0.4 is 10.5 Å². The molecule has 21 heavy (non-hydrogen) atoms. The molecule has 0 amide bonds. The van der Waals surface area contributed by atoms with Crippen LogP contribution in [0.25, 0.3) is 0 Å². The summed E-state index contributed by atoms with van der Waals surface area (Å²) in [7, 11) is -7.37. The minimum absolute atomic E-state index is 0.0927. The lowest BCUT2D eigenvalue weighted by Gasteiger charge is -2.12. The average molecular weight is 335 g/mol. The Hall–Kier alpha value is -1.72. The maximum absolute atomic E-state index is 12.2. The largest absolute Gasteiger partial charge is 0.398 e. The first-order valence-electron chi connectivity index (χ1n) is 5.87. The van der Waals surface area contributed by atoms with Crippen LogP contribution in [-0.2, 0) is 19.9 Å². The monoisotopic (exact) mass is 335 g/mol. The highest BCUT2D eigenvalue weighted by atomic mass is 32.2. The van der Waals surface area contributed by atoms with E-state index in [1.807, 2.05) is 0 Å². The second-order valence-electron chi connectivity index (χ2n) is 4.70. The van der Waals surface area contributed by atoms with E-state index in [-0.39, 0.29) is 23.6 Å². The van der Waals surface area contributed by atoms with E-state index in [0.717, 1.165) is 18.2 Å². The van der Waals surface area contributed by atoms with Gasteiger partial charge in [0.15, 0.2) is 9.84 Å². The highest BCUT2D eigenvalue weighted by Crippen LogP contribution is 2.25. The number of anilines is 1. The number of rotatable bonds is 4. The first-order chi connectivity index (χ1) is 9.61. The van der Waals surface area contributed by atoms with Crippen LogP contribution in [0.5, 0.6) is 0 Å². The summed E-state index contributed by atoms with van der Waals surface area (Å²) in [5, 5.41) is 10.7. The lowest BCUT2D eigenvalue weighted by molar-refractivity contribution is -0.385. The fourth-order valence-corrected chi connectivity index (χ4v) is 5.24. The molecule has 1 atom stereocenters. The number of nitrogens with one attached hydrogen (secondary N) is 1. The Labute approximate surface area is 121 Å². The molecular formula is C10H13N3O6S2. The van der Waals surface area contributed by atoms with Crippen LogP contribution in [-0.4, -0.2) is 39.3 Å². The van der Waals surface area contributed by atoms with Crippen LogP contribution >= 0.6 is 0 Å². The maximum atomic E-state index is 12.2. The summed E-state index contributed by atoms with van der Waals surface area (Å²) in [4.78, 5) is 9.52. The van der Waals surface area contributed by atoms with Crippen LogP contribution in [0.4, 0.5) is 11.4 Å². The average Bonchev–Trinajstić information content (AvgIpc) is 2.67. The van der Waals surface area contributed by atoms with Crippen molar-refractivity contribution in [3.05, 3.63) is 28.3 Å². The Kier molecular flexibility index (Phi) is 3.91. The lowest BCUT2D eigenvalue weighted by Crippen LogP contribution is -2.35. The third-order valence-electron chi connectivity index (χ3n) is 3.05. The van der Waals surface area contributed by atoms with Gasteiger partial charge in [0.05, 0.1) is 22.1 Å². The number of benzene rings is 1. The van der Waals surface area contributed by atoms with E-state index in [1.165, 1.54) is 0 Å². The quantitative estimate of drug-likeness (QED) is 0.433. The molecular weight excluding hydrogens is 322 g/mol. The summed E-state index contributed by atoms with van der Waals surface area (Å²) in [6, 6.07) is 2.31. The molecule has 1 aliphatic heterocycles. The number of nitrogens with zero attached hydrogens (tertiary/aromatic N) is 1. The Morgan fingerprint density at radius 1 is 1.38 bits per heavy atom. The highest BCUT2D eigenvalue weighted by Gasteiger charge is 2.32. The summed E-state index contributed by atoms with van der Waals surface area (Å²) < 4.78 is 49.2. The number of sulfone groups is 1. The predicted molar refractivity (Wildman–Crippen MR) is 74.9 cm³/mol. The number of nitrogens with two attached hydrogens (primary N) is 1. The van der Waals surface area contributed by atoms with Crippen molar-refractivity contribution >= 4 is 31.2 Å². The number of sulfonamides is 1. The third kappa shape index (κ3) is 3.49. The molecule has 9 nitrogen and oxygen atoms in total. The van der Waals surface area contributed by atoms with Crippen molar-refractivity contribution in [2.24, 2.45) is 0 Å². The zero-order valence-electron chi connectivity index (χ0n) is 10.7. The van der Waals surface area contributed by atoms with Gasteiger partial charge in [-0.05, 0) is 12.5 Å². The molecule has 11 heteroatoms. The van der Waals surface area contributed by atoms with Gasteiger partial charge in [-0.2, -0.15) is 0 Å². The van der Waals surface area contributed by atoms with Gasteiger partial charge in [-0.1, -0.05) is 0 Å². The minimum Gasteiger partial charge on any atom is -0.398 e. The van der Waals surface area contributed by atoms with Gasteiger partial charge < -0.3 is 5.73 Å². The summed E-state index contributed by atoms with van der Waals surface area (Å²) in [5.74, 6) is -0.383. The number of hydrogen-bond acceptors (Lipinski definition) is 7. The zero-order valence-corrected chi connectivity index (χ0v) is 12.4.